The summed E-state index contributed by atoms with van der Waals surface area (Å²) in [5.41, 5.74) is 2.07. The van der Waals surface area contributed by atoms with Crippen LogP contribution in [0.2, 0.25) is 0 Å². The molecule has 0 atom stereocenters. The van der Waals surface area contributed by atoms with E-state index in [9.17, 15) is 4.79 Å². The van der Waals surface area contributed by atoms with Crippen molar-refractivity contribution in [2.24, 2.45) is 0 Å². The predicted molar refractivity (Wildman–Crippen MR) is 62.8 cm³/mol. The van der Waals surface area contributed by atoms with Crippen LogP contribution in [0.4, 0.5) is 0 Å². The minimum atomic E-state index is -0.316. The Kier molecular flexibility index (Phi) is 5.29. The molecule has 0 bridgehead atoms. The van der Waals surface area contributed by atoms with Gasteiger partial charge in [0.1, 0.15) is 0 Å². The third kappa shape index (κ3) is 4.28. The molecule has 0 heterocycles. The van der Waals surface area contributed by atoms with E-state index in [4.69, 9.17) is 9.47 Å². The van der Waals surface area contributed by atoms with Crippen molar-refractivity contribution in [1.82, 2.24) is 0 Å². The second kappa shape index (κ2) is 6.80. The minimum absolute atomic E-state index is 0.316. The SMILES string of the molecule is CCOC(=O)/C=C/c1ccc(COC)cc1. The maximum absolute atomic E-state index is 11.1. The zero-order chi connectivity index (χ0) is 11.8. The molecule has 0 saturated carbocycles. The van der Waals surface area contributed by atoms with E-state index < -0.39 is 0 Å². The van der Waals surface area contributed by atoms with E-state index in [0.29, 0.717) is 13.2 Å². The Morgan fingerprint density at radius 3 is 2.56 bits per heavy atom. The Morgan fingerprint density at radius 2 is 2.00 bits per heavy atom. The number of carbonyl (C=O) groups is 1. The van der Waals surface area contributed by atoms with E-state index in [1.807, 2.05) is 24.3 Å². The van der Waals surface area contributed by atoms with Gasteiger partial charge >= 0.3 is 5.97 Å². The number of carbonyl (C=O) groups excluding carboxylic acids is 1. The van der Waals surface area contributed by atoms with Crippen molar-refractivity contribution in [3.8, 4) is 0 Å². The van der Waals surface area contributed by atoms with E-state index in [2.05, 4.69) is 0 Å². The molecular weight excluding hydrogens is 204 g/mol. The van der Waals surface area contributed by atoms with Gasteiger partial charge < -0.3 is 9.47 Å². The van der Waals surface area contributed by atoms with Crippen LogP contribution < -0.4 is 0 Å². The molecule has 0 fully saturated rings. The van der Waals surface area contributed by atoms with Crippen LogP contribution in [0, 0.1) is 0 Å². The van der Waals surface area contributed by atoms with Gasteiger partial charge in [-0.15, -0.1) is 0 Å². The summed E-state index contributed by atoms with van der Waals surface area (Å²) < 4.78 is 9.79. The Bertz CT molecular complexity index is 352. The average Bonchev–Trinajstić information content (AvgIpc) is 2.29. The summed E-state index contributed by atoms with van der Waals surface area (Å²) in [5.74, 6) is -0.316. The standard InChI is InChI=1S/C13H16O3/c1-3-16-13(14)9-8-11-4-6-12(7-5-11)10-15-2/h4-9H,3,10H2,1-2H3/b9-8+. The van der Waals surface area contributed by atoms with E-state index in [1.165, 1.54) is 6.08 Å². The number of ether oxygens (including phenoxy) is 2. The Balaban J connectivity index is 2.57. The van der Waals surface area contributed by atoms with Crippen LogP contribution in [0.1, 0.15) is 18.1 Å². The van der Waals surface area contributed by atoms with E-state index in [0.717, 1.165) is 11.1 Å². The molecule has 0 spiro atoms. The lowest BCUT2D eigenvalue weighted by Gasteiger charge is -1.99. The lowest BCUT2D eigenvalue weighted by molar-refractivity contribution is -0.137. The van der Waals surface area contributed by atoms with Crippen molar-refractivity contribution in [3.05, 3.63) is 41.5 Å². The van der Waals surface area contributed by atoms with Gasteiger partial charge in [0.2, 0.25) is 0 Å². The number of rotatable bonds is 5. The van der Waals surface area contributed by atoms with Crippen molar-refractivity contribution >= 4 is 12.0 Å². The zero-order valence-corrected chi connectivity index (χ0v) is 9.60. The summed E-state index contributed by atoms with van der Waals surface area (Å²) in [4.78, 5) is 11.1. The maximum Gasteiger partial charge on any atom is 0.330 e. The number of hydrogen-bond acceptors (Lipinski definition) is 3. The second-order valence-electron chi connectivity index (χ2n) is 3.26. The Morgan fingerprint density at radius 1 is 1.31 bits per heavy atom. The third-order valence-electron chi connectivity index (χ3n) is 1.99. The van der Waals surface area contributed by atoms with Gasteiger partial charge in [0.15, 0.2) is 0 Å². The number of esters is 1. The lowest BCUT2D eigenvalue weighted by Crippen LogP contribution is -1.98. The summed E-state index contributed by atoms with van der Waals surface area (Å²) in [5, 5.41) is 0. The van der Waals surface area contributed by atoms with Gasteiger partial charge in [-0.1, -0.05) is 24.3 Å². The molecule has 0 amide bonds. The molecule has 1 aromatic rings. The fourth-order valence-corrected chi connectivity index (χ4v) is 1.25. The first-order valence-electron chi connectivity index (χ1n) is 5.19. The average molecular weight is 220 g/mol. The van der Waals surface area contributed by atoms with Gasteiger partial charge in [-0.2, -0.15) is 0 Å². The van der Waals surface area contributed by atoms with E-state index in [1.54, 1.807) is 20.1 Å². The summed E-state index contributed by atoms with van der Waals surface area (Å²) in [6.45, 7) is 2.78. The molecule has 3 heteroatoms. The maximum atomic E-state index is 11.1. The number of methoxy groups -OCH3 is 1. The highest BCUT2D eigenvalue weighted by molar-refractivity contribution is 5.86. The van der Waals surface area contributed by atoms with E-state index >= 15 is 0 Å². The largest absolute Gasteiger partial charge is 0.463 e. The predicted octanol–water partition coefficient (Wildman–Crippen LogP) is 2.41. The Hall–Kier alpha value is -1.61. The van der Waals surface area contributed by atoms with Crippen molar-refractivity contribution in [2.75, 3.05) is 13.7 Å². The van der Waals surface area contributed by atoms with Crippen molar-refractivity contribution < 1.29 is 14.3 Å². The topological polar surface area (TPSA) is 35.5 Å². The van der Waals surface area contributed by atoms with Gasteiger partial charge in [-0.05, 0) is 24.1 Å². The van der Waals surface area contributed by atoms with Gasteiger partial charge in [-0.25, -0.2) is 4.79 Å². The van der Waals surface area contributed by atoms with Crippen LogP contribution >= 0.6 is 0 Å². The minimum Gasteiger partial charge on any atom is -0.463 e. The smallest absolute Gasteiger partial charge is 0.330 e. The first-order chi connectivity index (χ1) is 7.76. The molecule has 0 aliphatic carbocycles. The molecule has 0 aromatic heterocycles. The summed E-state index contributed by atoms with van der Waals surface area (Å²) >= 11 is 0. The highest BCUT2D eigenvalue weighted by atomic mass is 16.5. The number of hydrogen-bond donors (Lipinski definition) is 0. The summed E-state index contributed by atoms with van der Waals surface area (Å²) in [6.07, 6.45) is 3.16. The molecule has 0 N–H and O–H groups in total. The molecular formula is C13H16O3. The van der Waals surface area contributed by atoms with Crippen LogP contribution in [0.15, 0.2) is 30.3 Å². The molecule has 1 aromatic carbocycles. The molecule has 3 nitrogen and oxygen atoms in total. The van der Waals surface area contributed by atoms with Crippen LogP contribution in [0.3, 0.4) is 0 Å². The summed E-state index contributed by atoms with van der Waals surface area (Å²) in [7, 11) is 1.66. The molecule has 0 aliphatic rings. The van der Waals surface area contributed by atoms with Gasteiger partial charge in [-0.3, -0.25) is 0 Å². The normalized spacial score (nSPS) is 10.6. The van der Waals surface area contributed by atoms with Crippen molar-refractivity contribution in [1.29, 1.82) is 0 Å². The molecule has 0 unspecified atom stereocenters. The van der Waals surface area contributed by atoms with Crippen LogP contribution in [0.25, 0.3) is 6.08 Å². The number of benzene rings is 1. The molecule has 16 heavy (non-hydrogen) atoms. The first-order valence-corrected chi connectivity index (χ1v) is 5.19. The van der Waals surface area contributed by atoms with Gasteiger partial charge in [0.25, 0.3) is 0 Å². The molecule has 0 aliphatic heterocycles. The van der Waals surface area contributed by atoms with Gasteiger partial charge in [0, 0.05) is 13.2 Å². The molecule has 0 saturated heterocycles. The van der Waals surface area contributed by atoms with Crippen LogP contribution in [0.5, 0.6) is 0 Å². The molecule has 1 rings (SSSR count). The monoisotopic (exact) mass is 220 g/mol. The molecule has 86 valence electrons. The van der Waals surface area contributed by atoms with Crippen molar-refractivity contribution in [2.45, 2.75) is 13.5 Å². The highest BCUT2D eigenvalue weighted by Crippen LogP contribution is 2.07. The highest BCUT2D eigenvalue weighted by Gasteiger charge is 1.94. The third-order valence-corrected chi connectivity index (χ3v) is 1.99. The van der Waals surface area contributed by atoms with Crippen molar-refractivity contribution in [3.63, 3.8) is 0 Å². The zero-order valence-electron chi connectivity index (χ0n) is 9.60. The quantitative estimate of drug-likeness (QED) is 0.564. The fraction of sp³-hybridized carbons (Fsp3) is 0.308. The van der Waals surface area contributed by atoms with Crippen LogP contribution in [-0.4, -0.2) is 19.7 Å². The second-order valence-corrected chi connectivity index (χ2v) is 3.26. The Labute approximate surface area is 95.7 Å². The first kappa shape index (κ1) is 12.5. The molecule has 0 radical (unpaired) electrons. The van der Waals surface area contributed by atoms with Gasteiger partial charge in [0.05, 0.1) is 13.2 Å². The van der Waals surface area contributed by atoms with E-state index in [-0.39, 0.29) is 5.97 Å². The fourth-order valence-electron chi connectivity index (χ4n) is 1.25. The van der Waals surface area contributed by atoms with Crippen LogP contribution in [-0.2, 0) is 20.9 Å². The summed E-state index contributed by atoms with van der Waals surface area (Å²) in [6, 6.07) is 7.80. The lowest BCUT2D eigenvalue weighted by atomic mass is 10.1.